The van der Waals surface area contributed by atoms with E-state index in [-0.39, 0.29) is 0 Å². The summed E-state index contributed by atoms with van der Waals surface area (Å²) in [6, 6.07) is 0. The molecule has 0 saturated heterocycles. The van der Waals surface area contributed by atoms with Crippen LogP contribution in [0.5, 0.6) is 0 Å². The predicted octanol–water partition coefficient (Wildman–Crippen LogP) is 3.89. The monoisotopic (exact) mass is 162 g/mol. The summed E-state index contributed by atoms with van der Waals surface area (Å²) in [5.74, 6) is 0.583. The van der Waals surface area contributed by atoms with Gasteiger partial charge in [0.1, 0.15) is 0 Å². The number of allylic oxidation sites excluding steroid dienone is 6. The molecule has 0 aromatic carbocycles. The number of rotatable bonds is 4. The topological polar surface area (TPSA) is 0 Å². The van der Waals surface area contributed by atoms with Gasteiger partial charge in [0.05, 0.1) is 0 Å². The quantitative estimate of drug-likeness (QED) is 0.550. The molecule has 0 unspecified atom stereocenters. The third-order valence-electron chi connectivity index (χ3n) is 1.28. The highest BCUT2D eigenvalue weighted by molar-refractivity contribution is 5.31. The van der Waals surface area contributed by atoms with Gasteiger partial charge in [-0.2, -0.15) is 0 Å². The van der Waals surface area contributed by atoms with Gasteiger partial charge in [-0.3, -0.25) is 0 Å². The second kappa shape index (κ2) is 5.59. The summed E-state index contributed by atoms with van der Waals surface area (Å²) >= 11 is 0. The molecule has 66 valence electrons. The van der Waals surface area contributed by atoms with Crippen LogP contribution < -0.4 is 0 Å². The third-order valence-corrected chi connectivity index (χ3v) is 1.28. The Morgan fingerprint density at radius 2 is 1.67 bits per heavy atom. The average molecular weight is 162 g/mol. The zero-order chi connectivity index (χ0) is 9.56. The van der Waals surface area contributed by atoms with E-state index in [1.165, 1.54) is 0 Å². The standard InChI is InChI=1S/C12H18/c1-10(2)6-8-12(5)9-7-11(3)4/h6-9,11H,1,5H2,2-4H3. The van der Waals surface area contributed by atoms with Crippen LogP contribution in [0.15, 0.2) is 48.6 Å². The molecule has 0 atom stereocenters. The van der Waals surface area contributed by atoms with Crippen molar-refractivity contribution in [3.05, 3.63) is 48.6 Å². The Morgan fingerprint density at radius 1 is 1.08 bits per heavy atom. The molecule has 0 heterocycles. The maximum Gasteiger partial charge on any atom is -0.0287 e. The first-order valence-electron chi connectivity index (χ1n) is 4.23. The summed E-state index contributed by atoms with van der Waals surface area (Å²) in [5.41, 5.74) is 2.07. The molecule has 0 fully saturated rings. The molecule has 0 bridgehead atoms. The van der Waals surface area contributed by atoms with E-state index in [2.05, 4.69) is 33.1 Å². The summed E-state index contributed by atoms with van der Waals surface area (Å²) in [7, 11) is 0. The zero-order valence-corrected chi connectivity index (χ0v) is 8.30. The molecule has 0 radical (unpaired) electrons. The van der Waals surface area contributed by atoms with Crippen LogP contribution in [0.3, 0.4) is 0 Å². The molecular weight excluding hydrogens is 144 g/mol. The van der Waals surface area contributed by atoms with Crippen LogP contribution in [0.4, 0.5) is 0 Å². The molecular formula is C12H18. The summed E-state index contributed by atoms with van der Waals surface area (Å²) in [5, 5.41) is 0. The second-order valence-corrected chi connectivity index (χ2v) is 3.36. The van der Waals surface area contributed by atoms with Crippen LogP contribution in [0.1, 0.15) is 20.8 Å². The number of hydrogen-bond acceptors (Lipinski definition) is 0. The van der Waals surface area contributed by atoms with Gasteiger partial charge in [-0.15, -0.1) is 0 Å². The van der Waals surface area contributed by atoms with Crippen molar-refractivity contribution in [2.24, 2.45) is 5.92 Å². The van der Waals surface area contributed by atoms with Crippen molar-refractivity contribution in [3.63, 3.8) is 0 Å². The lowest BCUT2D eigenvalue weighted by molar-refractivity contribution is 0.831. The van der Waals surface area contributed by atoms with Gasteiger partial charge in [0.15, 0.2) is 0 Å². The highest BCUT2D eigenvalue weighted by Gasteiger charge is 1.84. The van der Waals surface area contributed by atoms with E-state index < -0.39 is 0 Å². The maximum absolute atomic E-state index is 3.88. The molecule has 0 spiro atoms. The summed E-state index contributed by atoms with van der Waals surface area (Å²) in [4.78, 5) is 0. The normalized spacial score (nSPS) is 11.7. The Balaban J connectivity index is 3.98. The van der Waals surface area contributed by atoms with Crippen LogP contribution in [0.2, 0.25) is 0 Å². The Bertz CT molecular complexity index is 214. The van der Waals surface area contributed by atoms with Gasteiger partial charge in [0.25, 0.3) is 0 Å². The van der Waals surface area contributed by atoms with Crippen LogP contribution in [-0.4, -0.2) is 0 Å². The van der Waals surface area contributed by atoms with Gasteiger partial charge in [0, 0.05) is 0 Å². The SMILES string of the molecule is C=C(C)C=CC(=C)C=CC(C)C. The fraction of sp³-hybridized carbons (Fsp3) is 0.333. The minimum absolute atomic E-state index is 0.583. The van der Waals surface area contributed by atoms with Gasteiger partial charge >= 0.3 is 0 Å². The molecule has 0 aliphatic carbocycles. The smallest absolute Gasteiger partial charge is 0.0287 e. The molecule has 0 rings (SSSR count). The Hall–Kier alpha value is -1.04. The van der Waals surface area contributed by atoms with Crippen molar-refractivity contribution in [2.45, 2.75) is 20.8 Å². The number of hydrogen-bond donors (Lipinski definition) is 0. The van der Waals surface area contributed by atoms with E-state index in [1.54, 1.807) is 0 Å². The first-order valence-corrected chi connectivity index (χ1v) is 4.23. The Labute approximate surface area is 76.0 Å². The molecule has 0 heteroatoms. The highest BCUT2D eigenvalue weighted by atomic mass is 13.9. The molecule has 0 saturated carbocycles. The van der Waals surface area contributed by atoms with E-state index in [0.29, 0.717) is 5.92 Å². The van der Waals surface area contributed by atoms with Crippen LogP contribution in [-0.2, 0) is 0 Å². The van der Waals surface area contributed by atoms with Crippen LogP contribution in [0, 0.1) is 5.92 Å². The van der Waals surface area contributed by atoms with Crippen molar-refractivity contribution in [1.82, 2.24) is 0 Å². The summed E-state index contributed by atoms with van der Waals surface area (Å²) in [6.07, 6.45) is 8.10. The van der Waals surface area contributed by atoms with Crippen molar-refractivity contribution in [2.75, 3.05) is 0 Å². The first kappa shape index (κ1) is 11.0. The first-order chi connectivity index (χ1) is 5.52. The molecule has 0 aromatic rings. The summed E-state index contributed by atoms with van der Waals surface area (Å²) < 4.78 is 0. The highest BCUT2D eigenvalue weighted by Crippen LogP contribution is 2.02. The van der Waals surface area contributed by atoms with Gasteiger partial charge in [0.2, 0.25) is 0 Å². The van der Waals surface area contributed by atoms with E-state index in [9.17, 15) is 0 Å². The lowest BCUT2D eigenvalue weighted by Crippen LogP contribution is -1.77. The van der Waals surface area contributed by atoms with Crippen molar-refractivity contribution >= 4 is 0 Å². The predicted molar refractivity (Wildman–Crippen MR) is 57.1 cm³/mol. The van der Waals surface area contributed by atoms with E-state index in [0.717, 1.165) is 11.1 Å². The molecule has 0 amide bonds. The van der Waals surface area contributed by atoms with E-state index in [4.69, 9.17) is 0 Å². The lowest BCUT2D eigenvalue weighted by atomic mass is 10.1. The molecule has 0 aliphatic rings. The molecule has 12 heavy (non-hydrogen) atoms. The van der Waals surface area contributed by atoms with E-state index >= 15 is 0 Å². The molecule has 0 N–H and O–H groups in total. The average Bonchev–Trinajstić information content (AvgIpc) is 1.96. The largest absolute Gasteiger partial charge is 0.0961 e. The minimum Gasteiger partial charge on any atom is -0.0961 e. The van der Waals surface area contributed by atoms with Crippen molar-refractivity contribution in [3.8, 4) is 0 Å². The van der Waals surface area contributed by atoms with Gasteiger partial charge in [-0.25, -0.2) is 0 Å². The third kappa shape index (κ3) is 7.07. The van der Waals surface area contributed by atoms with Gasteiger partial charge in [-0.05, 0) is 18.4 Å². The van der Waals surface area contributed by atoms with Gasteiger partial charge in [-0.1, -0.05) is 56.9 Å². The van der Waals surface area contributed by atoms with Crippen LogP contribution in [0.25, 0.3) is 0 Å². The van der Waals surface area contributed by atoms with Crippen molar-refractivity contribution in [1.29, 1.82) is 0 Å². The Morgan fingerprint density at radius 3 is 2.08 bits per heavy atom. The Kier molecular flexibility index (Phi) is 5.11. The second-order valence-electron chi connectivity index (χ2n) is 3.36. The fourth-order valence-corrected chi connectivity index (χ4v) is 0.621. The fourth-order valence-electron chi connectivity index (χ4n) is 0.621. The molecule has 0 aromatic heterocycles. The van der Waals surface area contributed by atoms with E-state index in [1.807, 2.05) is 25.2 Å². The lowest BCUT2D eigenvalue weighted by Gasteiger charge is -1.93. The van der Waals surface area contributed by atoms with Gasteiger partial charge < -0.3 is 0 Å². The van der Waals surface area contributed by atoms with Crippen molar-refractivity contribution < 1.29 is 0 Å². The summed E-state index contributed by atoms with van der Waals surface area (Å²) in [6.45, 7) is 13.9. The molecule has 0 aliphatic heterocycles. The maximum atomic E-state index is 3.88. The van der Waals surface area contributed by atoms with Crippen LogP contribution >= 0.6 is 0 Å². The molecule has 0 nitrogen and oxygen atoms in total. The minimum atomic E-state index is 0.583. The zero-order valence-electron chi connectivity index (χ0n) is 8.30.